The second-order valence-electron chi connectivity index (χ2n) is 8.25. The van der Waals surface area contributed by atoms with Crippen molar-refractivity contribution < 1.29 is 14.5 Å². The number of pyridine rings is 1. The minimum atomic E-state index is -0.140. The number of fused-ring (bicyclic) bond motifs is 1. The number of aromatic hydroxyl groups is 1. The number of rotatable bonds is 7. The molecule has 33 heavy (non-hydrogen) atoms. The van der Waals surface area contributed by atoms with Crippen LogP contribution in [0.2, 0.25) is 5.02 Å². The molecule has 8 nitrogen and oxygen atoms in total. The Kier molecular flexibility index (Phi) is 5.80. The lowest BCUT2D eigenvalue weighted by Gasteiger charge is -2.38. The molecule has 1 saturated heterocycles. The molecule has 0 amide bonds. The molecule has 0 unspecified atom stereocenters. The third kappa shape index (κ3) is 4.88. The van der Waals surface area contributed by atoms with Crippen molar-refractivity contribution in [2.24, 2.45) is 0 Å². The predicted molar refractivity (Wildman–Crippen MR) is 128 cm³/mol. The van der Waals surface area contributed by atoms with Crippen LogP contribution >= 0.6 is 11.6 Å². The zero-order chi connectivity index (χ0) is 22.8. The van der Waals surface area contributed by atoms with E-state index in [1.807, 2.05) is 42.6 Å². The Labute approximate surface area is 196 Å². The van der Waals surface area contributed by atoms with E-state index < -0.39 is 0 Å². The van der Waals surface area contributed by atoms with Crippen molar-refractivity contribution in [3.05, 3.63) is 71.0 Å². The minimum Gasteiger partial charge on any atom is -0.633 e. The zero-order valence-corrected chi connectivity index (χ0v) is 18.7. The lowest BCUT2D eigenvalue weighted by molar-refractivity contribution is -0.868. The van der Waals surface area contributed by atoms with E-state index in [9.17, 15) is 10.3 Å². The van der Waals surface area contributed by atoms with Crippen molar-refractivity contribution in [1.29, 1.82) is 0 Å². The van der Waals surface area contributed by atoms with Crippen LogP contribution in [0.1, 0.15) is 12.8 Å². The first-order valence-electron chi connectivity index (χ1n) is 10.9. The van der Waals surface area contributed by atoms with Crippen LogP contribution in [0.25, 0.3) is 16.8 Å². The van der Waals surface area contributed by atoms with Gasteiger partial charge in [0.25, 0.3) is 0 Å². The fraction of sp³-hybridized carbons (Fsp3) is 0.250. The Morgan fingerprint density at radius 1 is 1.09 bits per heavy atom. The van der Waals surface area contributed by atoms with E-state index in [4.69, 9.17) is 16.3 Å². The summed E-state index contributed by atoms with van der Waals surface area (Å²) in [5, 5.41) is 30.4. The van der Waals surface area contributed by atoms with E-state index in [0.29, 0.717) is 48.4 Å². The number of phenols is 1. The number of nitrogens with one attached hydrogen (secondary N) is 1. The van der Waals surface area contributed by atoms with Crippen LogP contribution in [0.5, 0.6) is 11.5 Å². The second-order valence-corrected chi connectivity index (χ2v) is 8.66. The van der Waals surface area contributed by atoms with Gasteiger partial charge in [-0.1, -0.05) is 11.6 Å². The fourth-order valence-electron chi connectivity index (χ4n) is 4.06. The third-order valence-electron chi connectivity index (χ3n) is 5.85. The molecule has 170 valence electrons. The highest BCUT2D eigenvalue weighted by Crippen LogP contribution is 2.31. The molecule has 1 aliphatic rings. The maximum Gasteiger partial charge on any atom is 0.247 e. The monoisotopic (exact) mass is 465 g/mol. The molecule has 4 aromatic rings. The van der Waals surface area contributed by atoms with Crippen molar-refractivity contribution >= 4 is 28.9 Å². The molecule has 0 spiro atoms. The van der Waals surface area contributed by atoms with Crippen molar-refractivity contribution in [2.45, 2.75) is 12.8 Å². The average molecular weight is 466 g/mol. The number of nitrogens with zero attached hydrogens (tertiary/aromatic N) is 4. The maximum absolute atomic E-state index is 12.4. The van der Waals surface area contributed by atoms with Gasteiger partial charge in [0.2, 0.25) is 5.95 Å². The van der Waals surface area contributed by atoms with E-state index in [0.717, 1.165) is 29.8 Å². The number of hydrogen-bond donors (Lipinski definition) is 2. The van der Waals surface area contributed by atoms with E-state index in [-0.39, 0.29) is 10.4 Å². The number of halogens is 1. The van der Waals surface area contributed by atoms with Gasteiger partial charge in [0.1, 0.15) is 24.7 Å². The molecule has 1 fully saturated rings. The molecule has 0 radical (unpaired) electrons. The quantitative estimate of drug-likeness (QED) is 0.295. The van der Waals surface area contributed by atoms with Gasteiger partial charge in [-0.3, -0.25) is 0 Å². The molecular formula is C24H24ClN5O3. The molecule has 1 aliphatic heterocycles. The van der Waals surface area contributed by atoms with Crippen LogP contribution in [0.3, 0.4) is 0 Å². The molecule has 2 aromatic carbocycles. The van der Waals surface area contributed by atoms with Crippen LogP contribution in [-0.2, 0) is 0 Å². The van der Waals surface area contributed by atoms with Gasteiger partial charge in [0, 0.05) is 40.9 Å². The smallest absolute Gasteiger partial charge is 0.247 e. The summed E-state index contributed by atoms with van der Waals surface area (Å²) in [5.41, 5.74) is 3.03. The van der Waals surface area contributed by atoms with Crippen molar-refractivity contribution in [1.82, 2.24) is 14.6 Å². The number of aromatic nitrogens is 3. The van der Waals surface area contributed by atoms with Gasteiger partial charge < -0.3 is 25.0 Å². The number of ether oxygens (including phenoxy) is 1. The Balaban J connectivity index is 1.25. The summed E-state index contributed by atoms with van der Waals surface area (Å²) in [4.78, 5) is 4.50. The number of phenolic OH excluding ortho intramolecular Hbond substituents is 1. The van der Waals surface area contributed by atoms with Crippen molar-refractivity contribution in [3.63, 3.8) is 0 Å². The first-order valence-corrected chi connectivity index (χ1v) is 11.3. The van der Waals surface area contributed by atoms with Gasteiger partial charge in [-0.25, -0.2) is 4.52 Å². The maximum atomic E-state index is 12.4. The Morgan fingerprint density at radius 3 is 2.67 bits per heavy atom. The average Bonchev–Trinajstić information content (AvgIpc) is 3.42. The van der Waals surface area contributed by atoms with Crippen LogP contribution < -0.4 is 10.1 Å². The Bertz CT molecular complexity index is 1270. The predicted octanol–water partition coefficient (Wildman–Crippen LogP) is 4.99. The summed E-state index contributed by atoms with van der Waals surface area (Å²) >= 11 is 6.28. The molecule has 0 bridgehead atoms. The Morgan fingerprint density at radius 2 is 1.88 bits per heavy atom. The lowest BCUT2D eigenvalue weighted by Crippen LogP contribution is -2.42. The van der Waals surface area contributed by atoms with Gasteiger partial charge in [-0.2, -0.15) is 4.98 Å². The van der Waals surface area contributed by atoms with Crippen LogP contribution in [0.4, 0.5) is 11.6 Å². The normalized spacial score (nSPS) is 15.1. The standard InChI is InChI=1S/C24H24ClN5O3/c25-22-9-6-19(31)15-21(22)17-3-10-23-27-24(28-29(23)16-17)26-18-4-7-20(8-5-18)33-14-13-30(32)11-1-2-12-30/h3-10,15-16,31H,1-2,11-14H2,(H,26,28). The summed E-state index contributed by atoms with van der Waals surface area (Å²) in [6, 6.07) is 16.0. The first kappa shape index (κ1) is 21.5. The van der Waals surface area contributed by atoms with Crippen molar-refractivity contribution in [2.75, 3.05) is 31.6 Å². The van der Waals surface area contributed by atoms with Gasteiger partial charge in [-0.05, 0) is 54.6 Å². The van der Waals surface area contributed by atoms with Gasteiger partial charge in [0.05, 0.1) is 13.1 Å². The van der Waals surface area contributed by atoms with Crippen LogP contribution in [0, 0.1) is 5.21 Å². The summed E-state index contributed by atoms with van der Waals surface area (Å²) < 4.78 is 7.27. The SMILES string of the molecule is [O-][N+]1(CCOc2ccc(Nc3nc4ccc(-c5cc(O)ccc5Cl)cn4n3)cc2)CCCC1. The summed E-state index contributed by atoms with van der Waals surface area (Å²) in [6.45, 7) is 2.29. The molecule has 5 rings (SSSR count). The fourth-order valence-corrected chi connectivity index (χ4v) is 4.29. The molecule has 2 aromatic heterocycles. The van der Waals surface area contributed by atoms with E-state index in [2.05, 4.69) is 15.4 Å². The van der Waals surface area contributed by atoms with Gasteiger partial charge in [0.15, 0.2) is 5.65 Å². The number of quaternary nitrogens is 1. The second kappa shape index (κ2) is 8.90. The third-order valence-corrected chi connectivity index (χ3v) is 6.18. The van der Waals surface area contributed by atoms with Gasteiger partial charge in [-0.15, -0.1) is 5.10 Å². The van der Waals surface area contributed by atoms with E-state index in [1.165, 1.54) is 0 Å². The molecule has 0 atom stereocenters. The topological polar surface area (TPSA) is 94.7 Å². The largest absolute Gasteiger partial charge is 0.633 e. The number of hydroxylamine groups is 3. The van der Waals surface area contributed by atoms with Crippen LogP contribution in [0.15, 0.2) is 60.8 Å². The molecule has 3 heterocycles. The molecular weight excluding hydrogens is 442 g/mol. The van der Waals surface area contributed by atoms with E-state index in [1.54, 1.807) is 22.7 Å². The molecule has 9 heteroatoms. The van der Waals surface area contributed by atoms with E-state index >= 15 is 0 Å². The van der Waals surface area contributed by atoms with Gasteiger partial charge >= 0.3 is 0 Å². The first-order chi connectivity index (χ1) is 16.0. The molecule has 0 aliphatic carbocycles. The highest BCUT2D eigenvalue weighted by atomic mass is 35.5. The lowest BCUT2D eigenvalue weighted by atomic mass is 10.1. The number of likely N-dealkylation sites (tertiary alicyclic amines) is 1. The number of anilines is 2. The molecule has 0 saturated carbocycles. The van der Waals surface area contributed by atoms with Crippen LogP contribution in [-0.4, -0.2) is 50.6 Å². The zero-order valence-electron chi connectivity index (χ0n) is 17.9. The highest BCUT2D eigenvalue weighted by molar-refractivity contribution is 6.33. The number of hydrogen-bond acceptors (Lipinski definition) is 6. The van der Waals surface area contributed by atoms with Crippen molar-refractivity contribution in [3.8, 4) is 22.6 Å². The summed E-state index contributed by atoms with van der Waals surface area (Å²) in [6.07, 6.45) is 3.83. The highest BCUT2D eigenvalue weighted by Gasteiger charge is 2.22. The minimum absolute atomic E-state index is 0.140. The number of benzene rings is 2. The Hall–Kier alpha value is -3.33. The molecule has 2 N–H and O–H groups in total. The summed E-state index contributed by atoms with van der Waals surface area (Å²) in [5.74, 6) is 1.32. The summed E-state index contributed by atoms with van der Waals surface area (Å²) in [7, 11) is 0.